The van der Waals surface area contributed by atoms with Crippen LogP contribution in [-0.2, 0) is 0 Å². The third-order valence-electron chi connectivity index (χ3n) is 3.89. The van der Waals surface area contributed by atoms with E-state index in [1.165, 1.54) is 0 Å². The van der Waals surface area contributed by atoms with Crippen LogP contribution in [0.1, 0.15) is 21.5 Å². The first kappa shape index (κ1) is 12.5. The van der Waals surface area contributed by atoms with E-state index in [0.717, 1.165) is 37.5 Å². The van der Waals surface area contributed by atoms with Crippen molar-refractivity contribution >= 4 is 38.1 Å². The molecule has 0 spiro atoms. The molecular weight excluding hydrogens is 324 g/mol. The third kappa shape index (κ3) is 1.87. The van der Waals surface area contributed by atoms with Gasteiger partial charge in [0.2, 0.25) is 0 Å². The number of carbonyl (C=O) groups is 1. The molecular formula is C19H11BrO. The summed E-state index contributed by atoms with van der Waals surface area (Å²) in [6.45, 7) is 0. The lowest BCUT2D eigenvalue weighted by Crippen LogP contribution is -2.07. The molecule has 21 heavy (non-hydrogen) atoms. The summed E-state index contributed by atoms with van der Waals surface area (Å²) < 4.78 is 0.857. The third-order valence-corrected chi connectivity index (χ3v) is 4.55. The summed E-state index contributed by atoms with van der Waals surface area (Å²) >= 11 is 3.51. The number of rotatable bonds is 1. The number of hydrogen-bond acceptors (Lipinski definition) is 1. The summed E-state index contributed by atoms with van der Waals surface area (Å²) in [4.78, 5) is 12.6. The van der Waals surface area contributed by atoms with Crippen molar-refractivity contribution in [2.75, 3.05) is 0 Å². The quantitative estimate of drug-likeness (QED) is 0.595. The molecule has 1 aliphatic rings. The van der Waals surface area contributed by atoms with Crippen molar-refractivity contribution in [1.82, 2.24) is 0 Å². The van der Waals surface area contributed by atoms with Gasteiger partial charge in [-0.05, 0) is 34.2 Å². The fraction of sp³-hybridized carbons (Fsp3) is 0. The van der Waals surface area contributed by atoms with Gasteiger partial charge in [0, 0.05) is 15.4 Å². The number of benzene rings is 3. The minimum atomic E-state index is 0.0602. The monoisotopic (exact) mass is 334 g/mol. The van der Waals surface area contributed by atoms with Crippen molar-refractivity contribution in [3.63, 3.8) is 0 Å². The van der Waals surface area contributed by atoms with Crippen LogP contribution in [0.15, 0.2) is 71.2 Å². The van der Waals surface area contributed by atoms with E-state index in [-0.39, 0.29) is 5.78 Å². The summed E-state index contributed by atoms with van der Waals surface area (Å²) in [6.07, 6.45) is 1.75. The van der Waals surface area contributed by atoms with Crippen molar-refractivity contribution in [1.29, 1.82) is 0 Å². The van der Waals surface area contributed by atoms with Crippen LogP contribution in [0.4, 0.5) is 0 Å². The van der Waals surface area contributed by atoms with Gasteiger partial charge < -0.3 is 0 Å². The van der Waals surface area contributed by atoms with E-state index in [2.05, 4.69) is 28.1 Å². The van der Waals surface area contributed by atoms with Crippen molar-refractivity contribution in [2.45, 2.75) is 0 Å². The largest absolute Gasteiger partial charge is 0.289 e. The van der Waals surface area contributed by atoms with Gasteiger partial charge in [-0.3, -0.25) is 4.79 Å². The Hall–Kier alpha value is -2.19. The standard InChI is InChI=1S/C19H11BrO/c20-16-10-9-13-7-4-8-14-15(12-5-2-1-3-6-12)11-17(21)19(16)18(13)14/h1-11H. The van der Waals surface area contributed by atoms with Crippen molar-refractivity contribution in [3.8, 4) is 0 Å². The molecule has 0 atom stereocenters. The zero-order valence-electron chi connectivity index (χ0n) is 11.1. The maximum atomic E-state index is 12.6. The summed E-state index contributed by atoms with van der Waals surface area (Å²) in [5.41, 5.74) is 3.96. The Morgan fingerprint density at radius 2 is 1.62 bits per heavy atom. The molecule has 0 amide bonds. The molecule has 0 aromatic heterocycles. The van der Waals surface area contributed by atoms with E-state index >= 15 is 0 Å². The highest BCUT2D eigenvalue weighted by Crippen LogP contribution is 2.39. The van der Waals surface area contributed by atoms with Crippen LogP contribution in [-0.4, -0.2) is 5.78 Å². The summed E-state index contributed by atoms with van der Waals surface area (Å²) in [6, 6.07) is 20.2. The lowest BCUT2D eigenvalue weighted by Gasteiger charge is -2.19. The van der Waals surface area contributed by atoms with Crippen LogP contribution in [0.2, 0.25) is 0 Å². The van der Waals surface area contributed by atoms with E-state index < -0.39 is 0 Å². The molecule has 0 N–H and O–H groups in total. The van der Waals surface area contributed by atoms with Crippen LogP contribution >= 0.6 is 15.9 Å². The molecule has 4 rings (SSSR count). The number of halogens is 1. The molecule has 0 heterocycles. The smallest absolute Gasteiger partial charge is 0.188 e. The number of ketones is 1. The molecule has 0 saturated heterocycles. The van der Waals surface area contributed by atoms with Gasteiger partial charge in [-0.15, -0.1) is 0 Å². The van der Waals surface area contributed by atoms with Gasteiger partial charge in [-0.1, -0.05) is 70.5 Å². The summed E-state index contributed by atoms with van der Waals surface area (Å²) in [5, 5.41) is 2.14. The first-order valence-corrected chi connectivity index (χ1v) is 7.58. The molecule has 1 nitrogen and oxygen atoms in total. The van der Waals surface area contributed by atoms with Crippen molar-refractivity contribution in [3.05, 3.63) is 87.9 Å². The Morgan fingerprint density at radius 3 is 2.43 bits per heavy atom. The molecule has 2 heteroatoms. The predicted molar refractivity (Wildman–Crippen MR) is 89.5 cm³/mol. The number of hydrogen-bond donors (Lipinski definition) is 0. The highest BCUT2D eigenvalue weighted by Gasteiger charge is 2.23. The Bertz CT molecular complexity index is 908. The fourth-order valence-corrected chi connectivity index (χ4v) is 3.48. The molecule has 3 aromatic rings. The highest BCUT2D eigenvalue weighted by molar-refractivity contribution is 9.10. The van der Waals surface area contributed by atoms with Crippen LogP contribution in [0.5, 0.6) is 0 Å². The van der Waals surface area contributed by atoms with E-state index in [1.54, 1.807) is 6.08 Å². The molecule has 3 aromatic carbocycles. The van der Waals surface area contributed by atoms with Gasteiger partial charge in [-0.2, -0.15) is 0 Å². The zero-order valence-corrected chi connectivity index (χ0v) is 12.7. The molecule has 0 saturated carbocycles. The second-order valence-corrected chi connectivity index (χ2v) is 5.97. The van der Waals surface area contributed by atoms with Crippen LogP contribution in [0, 0.1) is 0 Å². The molecule has 0 fully saturated rings. The minimum absolute atomic E-state index is 0.0602. The van der Waals surface area contributed by atoms with E-state index in [9.17, 15) is 4.79 Å². The molecule has 0 bridgehead atoms. The molecule has 0 aliphatic heterocycles. The number of carbonyl (C=O) groups excluding carboxylic acids is 1. The second-order valence-electron chi connectivity index (χ2n) is 5.11. The Kier molecular flexibility index (Phi) is 2.79. The van der Waals surface area contributed by atoms with Crippen LogP contribution in [0.25, 0.3) is 16.3 Å². The highest BCUT2D eigenvalue weighted by atomic mass is 79.9. The average Bonchev–Trinajstić information content (AvgIpc) is 2.53. The SMILES string of the molecule is O=C1C=C(c2ccccc2)c2cccc3ccc(Br)c1c23. The Morgan fingerprint density at radius 1 is 0.810 bits per heavy atom. The first-order valence-electron chi connectivity index (χ1n) is 6.79. The number of allylic oxidation sites excluding steroid dienone is 1. The Labute approximate surface area is 131 Å². The zero-order chi connectivity index (χ0) is 14.4. The lowest BCUT2D eigenvalue weighted by atomic mass is 9.85. The molecule has 100 valence electrons. The predicted octanol–water partition coefficient (Wildman–Crippen LogP) is 5.23. The van der Waals surface area contributed by atoms with Crippen molar-refractivity contribution in [2.24, 2.45) is 0 Å². The Balaban J connectivity index is 2.11. The maximum Gasteiger partial charge on any atom is 0.188 e. The van der Waals surface area contributed by atoms with Gasteiger partial charge >= 0.3 is 0 Å². The maximum absolute atomic E-state index is 12.6. The molecule has 0 unspecified atom stereocenters. The van der Waals surface area contributed by atoms with E-state index in [1.807, 2.05) is 48.5 Å². The summed E-state index contributed by atoms with van der Waals surface area (Å²) in [7, 11) is 0. The topological polar surface area (TPSA) is 17.1 Å². The van der Waals surface area contributed by atoms with E-state index in [0.29, 0.717) is 0 Å². The van der Waals surface area contributed by atoms with Gasteiger partial charge in [0.15, 0.2) is 5.78 Å². The second kappa shape index (κ2) is 4.68. The van der Waals surface area contributed by atoms with Gasteiger partial charge in [0.25, 0.3) is 0 Å². The van der Waals surface area contributed by atoms with Crippen molar-refractivity contribution < 1.29 is 4.79 Å². The first-order chi connectivity index (χ1) is 10.3. The minimum Gasteiger partial charge on any atom is -0.289 e. The normalized spacial score (nSPS) is 13.4. The lowest BCUT2D eigenvalue weighted by molar-refractivity contribution is 0.104. The average molecular weight is 335 g/mol. The fourth-order valence-electron chi connectivity index (χ4n) is 2.96. The van der Waals surface area contributed by atoms with Crippen LogP contribution < -0.4 is 0 Å². The van der Waals surface area contributed by atoms with Gasteiger partial charge in [0.1, 0.15) is 0 Å². The van der Waals surface area contributed by atoms with Crippen LogP contribution in [0.3, 0.4) is 0 Å². The van der Waals surface area contributed by atoms with Gasteiger partial charge in [-0.25, -0.2) is 0 Å². The summed E-state index contributed by atoms with van der Waals surface area (Å²) in [5.74, 6) is 0.0602. The van der Waals surface area contributed by atoms with Gasteiger partial charge in [0.05, 0.1) is 0 Å². The molecule has 1 aliphatic carbocycles. The van der Waals surface area contributed by atoms with E-state index in [4.69, 9.17) is 0 Å². The molecule has 0 radical (unpaired) electrons.